The molecule has 2 N–H and O–H groups in total. The summed E-state index contributed by atoms with van der Waals surface area (Å²) in [5, 5.41) is 12.2. The van der Waals surface area contributed by atoms with Crippen molar-refractivity contribution in [3.8, 4) is 11.1 Å². The van der Waals surface area contributed by atoms with Crippen LogP contribution in [-0.4, -0.2) is 57.8 Å². The third kappa shape index (κ3) is 5.17. The van der Waals surface area contributed by atoms with E-state index in [0.717, 1.165) is 22.3 Å². The first-order chi connectivity index (χ1) is 16.8. The van der Waals surface area contributed by atoms with Crippen LogP contribution in [0.15, 0.2) is 48.5 Å². The van der Waals surface area contributed by atoms with E-state index in [4.69, 9.17) is 4.74 Å². The van der Waals surface area contributed by atoms with Gasteiger partial charge in [0, 0.05) is 24.1 Å². The van der Waals surface area contributed by atoms with Crippen molar-refractivity contribution < 1.29 is 24.2 Å². The fraction of sp³-hybridized carbons (Fsp3) is 0.444. The first kappa shape index (κ1) is 25.1. The standard InChI is InChI=1S/C27H32N2O5S/c1-4-17(13-24(30)29-23(26(31)32)15-35-25(29)16(2)3)28-27(33)34-14-22-20-11-7-5-9-18(20)19-10-6-8-12-21(19)22/h5-12,16-17,22-23,25H,4,13-15H2,1-3H3,(H,28,33)(H,31,32)/t17-,23?,25?/m0/s1. The Labute approximate surface area is 210 Å². The lowest BCUT2D eigenvalue weighted by Crippen LogP contribution is -2.49. The lowest BCUT2D eigenvalue weighted by molar-refractivity contribution is -0.149. The Hall–Kier alpha value is -3.00. The molecule has 0 aromatic heterocycles. The zero-order valence-electron chi connectivity index (χ0n) is 20.3. The molecule has 8 heteroatoms. The van der Waals surface area contributed by atoms with E-state index in [0.29, 0.717) is 12.2 Å². The zero-order chi connectivity index (χ0) is 25.1. The van der Waals surface area contributed by atoms with Gasteiger partial charge < -0.3 is 20.1 Å². The maximum Gasteiger partial charge on any atom is 0.407 e. The van der Waals surface area contributed by atoms with Crippen LogP contribution in [-0.2, 0) is 14.3 Å². The van der Waals surface area contributed by atoms with Gasteiger partial charge in [0.2, 0.25) is 5.91 Å². The van der Waals surface area contributed by atoms with Crippen molar-refractivity contribution >= 4 is 29.7 Å². The number of nitrogens with one attached hydrogen (secondary N) is 1. The summed E-state index contributed by atoms with van der Waals surface area (Å²) in [5.41, 5.74) is 4.58. The molecule has 3 atom stereocenters. The van der Waals surface area contributed by atoms with E-state index >= 15 is 0 Å². The Morgan fingerprint density at radius 2 is 1.69 bits per heavy atom. The molecule has 1 aliphatic carbocycles. The molecule has 2 aromatic rings. The summed E-state index contributed by atoms with van der Waals surface area (Å²) in [4.78, 5) is 39.0. The van der Waals surface area contributed by atoms with Crippen LogP contribution in [0, 0.1) is 5.92 Å². The molecule has 1 saturated heterocycles. The summed E-state index contributed by atoms with van der Waals surface area (Å²) in [7, 11) is 0. The van der Waals surface area contributed by atoms with Gasteiger partial charge in [-0.2, -0.15) is 0 Å². The first-order valence-electron chi connectivity index (χ1n) is 12.1. The second kappa shape index (κ2) is 10.7. The van der Waals surface area contributed by atoms with Gasteiger partial charge in [-0.25, -0.2) is 9.59 Å². The van der Waals surface area contributed by atoms with Crippen molar-refractivity contribution in [2.24, 2.45) is 5.92 Å². The summed E-state index contributed by atoms with van der Waals surface area (Å²) < 4.78 is 5.62. The molecule has 2 amide bonds. The first-order valence-corrected chi connectivity index (χ1v) is 13.1. The minimum Gasteiger partial charge on any atom is -0.480 e. The van der Waals surface area contributed by atoms with Crippen molar-refractivity contribution in [2.75, 3.05) is 12.4 Å². The van der Waals surface area contributed by atoms with Gasteiger partial charge in [0.25, 0.3) is 0 Å². The van der Waals surface area contributed by atoms with E-state index in [2.05, 4.69) is 29.6 Å². The SMILES string of the molecule is CC[C@@H](CC(=O)N1C(C(=O)O)CSC1C(C)C)NC(=O)OCC1c2ccccc2-c2ccccc21. The molecule has 7 nitrogen and oxygen atoms in total. The van der Waals surface area contributed by atoms with Crippen LogP contribution in [0.1, 0.15) is 50.7 Å². The number of nitrogens with zero attached hydrogens (tertiary/aromatic N) is 1. The molecule has 0 saturated carbocycles. The predicted molar refractivity (Wildman–Crippen MR) is 136 cm³/mol. The van der Waals surface area contributed by atoms with Gasteiger partial charge in [0.05, 0.1) is 5.37 Å². The molecule has 0 spiro atoms. The summed E-state index contributed by atoms with van der Waals surface area (Å²) in [5.74, 6) is -0.790. The maximum absolute atomic E-state index is 13.1. The van der Waals surface area contributed by atoms with Gasteiger partial charge in [0.1, 0.15) is 12.6 Å². The molecule has 2 aliphatic rings. The molecule has 1 heterocycles. The highest BCUT2D eigenvalue weighted by molar-refractivity contribution is 8.00. The fourth-order valence-corrected chi connectivity index (χ4v) is 6.46. The van der Waals surface area contributed by atoms with Crippen LogP contribution >= 0.6 is 11.8 Å². The van der Waals surface area contributed by atoms with Crippen LogP contribution in [0.2, 0.25) is 0 Å². The number of carbonyl (C=O) groups is 3. The van der Waals surface area contributed by atoms with E-state index in [1.165, 1.54) is 16.7 Å². The van der Waals surface area contributed by atoms with E-state index in [1.54, 1.807) is 0 Å². The molecular weight excluding hydrogens is 464 g/mol. The number of amides is 2. The highest BCUT2D eigenvalue weighted by Gasteiger charge is 2.43. The average molecular weight is 497 g/mol. The van der Waals surface area contributed by atoms with Crippen molar-refractivity contribution in [3.63, 3.8) is 0 Å². The lowest BCUT2D eigenvalue weighted by atomic mass is 9.98. The smallest absolute Gasteiger partial charge is 0.407 e. The molecule has 186 valence electrons. The lowest BCUT2D eigenvalue weighted by Gasteiger charge is -2.31. The third-order valence-corrected chi connectivity index (χ3v) is 8.38. The Morgan fingerprint density at radius 1 is 1.09 bits per heavy atom. The number of alkyl carbamates (subject to hydrolysis) is 1. The molecular formula is C27H32N2O5S. The van der Waals surface area contributed by atoms with E-state index < -0.39 is 24.1 Å². The van der Waals surface area contributed by atoms with E-state index in [9.17, 15) is 19.5 Å². The molecule has 1 fully saturated rings. The Kier molecular flexibility index (Phi) is 7.69. The Bertz CT molecular complexity index is 1060. The molecule has 4 rings (SSSR count). The van der Waals surface area contributed by atoms with Crippen molar-refractivity contribution in [3.05, 3.63) is 59.7 Å². The fourth-order valence-electron chi connectivity index (χ4n) is 4.97. The quantitative estimate of drug-likeness (QED) is 0.550. The van der Waals surface area contributed by atoms with E-state index in [1.807, 2.05) is 45.0 Å². The molecule has 1 aliphatic heterocycles. The summed E-state index contributed by atoms with van der Waals surface area (Å²) >= 11 is 1.50. The number of carboxylic acid groups (broad SMARTS) is 1. The zero-order valence-corrected chi connectivity index (χ0v) is 21.1. The molecule has 2 aromatic carbocycles. The predicted octanol–water partition coefficient (Wildman–Crippen LogP) is 4.70. The van der Waals surface area contributed by atoms with Crippen molar-refractivity contribution in [2.45, 2.75) is 57.0 Å². The van der Waals surface area contributed by atoms with Gasteiger partial charge in [-0.15, -0.1) is 11.8 Å². The highest BCUT2D eigenvalue weighted by atomic mass is 32.2. The van der Waals surface area contributed by atoms with Gasteiger partial charge in [-0.1, -0.05) is 69.3 Å². The van der Waals surface area contributed by atoms with Gasteiger partial charge in [-0.3, -0.25) is 4.79 Å². The van der Waals surface area contributed by atoms with Gasteiger partial charge in [0.15, 0.2) is 0 Å². The molecule has 0 radical (unpaired) electrons. The normalized spacial score (nSPS) is 19.8. The van der Waals surface area contributed by atoms with Crippen molar-refractivity contribution in [1.82, 2.24) is 10.2 Å². The molecule has 35 heavy (non-hydrogen) atoms. The Balaban J connectivity index is 1.38. The monoisotopic (exact) mass is 496 g/mol. The maximum atomic E-state index is 13.1. The van der Waals surface area contributed by atoms with Crippen LogP contribution < -0.4 is 5.32 Å². The number of benzene rings is 2. The minimum atomic E-state index is -0.994. The average Bonchev–Trinajstić information content (AvgIpc) is 3.43. The van der Waals surface area contributed by atoms with Gasteiger partial charge >= 0.3 is 12.1 Å². The second-order valence-corrected chi connectivity index (χ2v) is 10.6. The van der Waals surface area contributed by atoms with Gasteiger partial charge in [-0.05, 0) is 34.6 Å². The van der Waals surface area contributed by atoms with Crippen LogP contribution in [0.5, 0.6) is 0 Å². The third-order valence-electron chi connectivity index (χ3n) is 6.76. The molecule has 0 bridgehead atoms. The van der Waals surface area contributed by atoms with Crippen molar-refractivity contribution in [1.29, 1.82) is 0 Å². The highest BCUT2D eigenvalue weighted by Crippen LogP contribution is 2.44. The van der Waals surface area contributed by atoms with Crippen LogP contribution in [0.3, 0.4) is 0 Å². The topological polar surface area (TPSA) is 95.9 Å². The van der Waals surface area contributed by atoms with Crippen LogP contribution in [0.25, 0.3) is 11.1 Å². The number of thioether (sulfide) groups is 1. The molecule has 2 unspecified atom stereocenters. The number of carboxylic acids is 1. The van der Waals surface area contributed by atoms with E-state index in [-0.39, 0.29) is 36.1 Å². The number of ether oxygens (including phenoxy) is 1. The number of carbonyl (C=O) groups excluding carboxylic acids is 2. The number of hydrogen-bond acceptors (Lipinski definition) is 5. The number of fused-ring (bicyclic) bond motifs is 3. The summed E-state index contributed by atoms with van der Waals surface area (Å²) in [6, 6.07) is 15.0. The minimum absolute atomic E-state index is 0.0360. The number of aliphatic carboxylic acids is 1. The number of rotatable bonds is 8. The second-order valence-electron chi connectivity index (χ2n) is 9.40. The van der Waals surface area contributed by atoms with Crippen LogP contribution in [0.4, 0.5) is 4.79 Å². The summed E-state index contributed by atoms with van der Waals surface area (Å²) in [6.45, 7) is 6.04. The summed E-state index contributed by atoms with van der Waals surface area (Å²) in [6.07, 6.45) is -0.00702. The number of hydrogen-bond donors (Lipinski definition) is 2. The largest absolute Gasteiger partial charge is 0.480 e. The Morgan fingerprint density at radius 3 is 2.23 bits per heavy atom.